The molecular formula is C41H82N2O3. The second kappa shape index (κ2) is 36.7. The van der Waals surface area contributed by atoms with Crippen LogP contribution in [0.15, 0.2) is 0 Å². The molecule has 5 nitrogen and oxygen atoms in total. The van der Waals surface area contributed by atoms with Crippen molar-refractivity contribution in [2.24, 2.45) is 5.73 Å². The quantitative estimate of drug-likeness (QED) is 0.0518. The molecule has 0 rings (SSSR count). The summed E-state index contributed by atoms with van der Waals surface area (Å²) >= 11 is 0. The van der Waals surface area contributed by atoms with Crippen LogP contribution >= 0.6 is 0 Å². The number of amides is 1. The van der Waals surface area contributed by atoms with E-state index >= 15 is 0 Å². The SMILES string of the molecule is CCCCCCCCCCCCCCCCCCC(N)C(=O)NC(CCCCCCCCCCCCCCCCCC)C(=O)OC. The summed E-state index contributed by atoms with van der Waals surface area (Å²) in [6.07, 6.45) is 43.7. The van der Waals surface area contributed by atoms with E-state index in [1.54, 1.807) is 0 Å². The molecule has 0 saturated heterocycles. The fourth-order valence-corrected chi connectivity index (χ4v) is 6.61. The van der Waals surface area contributed by atoms with Gasteiger partial charge in [0.15, 0.2) is 0 Å². The van der Waals surface area contributed by atoms with Gasteiger partial charge < -0.3 is 15.8 Å². The van der Waals surface area contributed by atoms with E-state index in [0.717, 1.165) is 25.7 Å². The lowest BCUT2D eigenvalue weighted by atomic mass is 10.0. The van der Waals surface area contributed by atoms with Crippen LogP contribution in [0.1, 0.15) is 232 Å². The van der Waals surface area contributed by atoms with E-state index in [1.807, 2.05) is 0 Å². The highest BCUT2D eigenvalue weighted by Gasteiger charge is 2.23. The van der Waals surface area contributed by atoms with Crippen LogP contribution < -0.4 is 11.1 Å². The van der Waals surface area contributed by atoms with Gasteiger partial charge in [0.1, 0.15) is 6.04 Å². The predicted molar refractivity (Wildman–Crippen MR) is 200 cm³/mol. The van der Waals surface area contributed by atoms with Crippen LogP contribution in [0.25, 0.3) is 0 Å². The minimum Gasteiger partial charge on any atom is -0.467 e. The van der Waals surface area contributed by atoms with Gasteiger partial charge in [0.05, 0.1) is 13.2 Å². The van der Waals surface area contributed by atoms with Crippen LogP contribution in [0.4, 0.5) is 0 Å². The molecular weight excluding hydrogens is 568 g/mol. The van der Waals surface area contributed by atoms with Crippen LogP contribution in [0.2, 0.25) is 0 Å². The lowest BCUT2D eigenvalue weighted by Crippen LogP contribution is -2.48. The topological polar surface area (TPSA) is 81.4 Å². The van der Waals surface area contributed by atoms with Gasteiger partial charge in [0.25, 0.3) is 0 Å². The Kier molecular flexibility index (Phi) is 35.9. The largest absolute Gasteiger partial charge is 0.467 e. The minimum atomic E-state index is -0.582. The number of unbranched alkanes of at least 4 members (excludes halogenated alkanes) is 30. The van der Waals surface area contributed by atoms with E-state index in [1.165, 1.54) is 187 Å². The van der Waals surface area contributed by atoms with Crippen molar-refractivity contribution in [3.05, 3.63) is 0 Å². The van der Waals surface area contributed by atoms with E-state index in [2.05, 4.69) is 19.2 Å². The number of rotatable bonds is 37. The van der Waals surface area contributed by atoms with Crippen molar-refractivity contribution in [3.63, 3.8) is 0 Å². The third kappa shape index (κ3) is 31.5. The lowest BCUT2D eigenvalue weighted by Gasteiger charge is -2.19. The molecule has 0 aromatic carbocycles. The Morgan fingerprint density at radius 2 is 0.717 bits per heavy atom. The molecule has 1 amide bonds. The summed E-state index contributed by atoms with van der Waals surface area (Å²) in [7, 11) is 1.39. The molecule has 0 fully saturated rings. The van der Waals surface area contributed by atoms with Gasteiger partial charge in [0.2, 0.25) is 5.91 Å². The first-order valence-corrected chi connectivity index (χ1v) is 20.7. The molecule has 0 aliphatic heterocycles. The molecule has 0 bridgehead atoms. The number of nitrogens with two attached hydrogens (primary N) is 1. The maximum Gasteiger partial charge on any atom is 0.328 e. The molecule has 2 atom stereocenters. The number of methoxy groups -OCH3 is 1. The second-order valence-corrected chi connectivity index (χ2v) is 14.4. The zero-order valence-corrected chi connectivity index (χ0v) is 31.5. The van der Waals surface area contributed by atoms with Crippen LogP contribution in [0.3, 0.4) is 0 Å². The summed E-state index contributed by atoms with van der Waals surface area (Å²) in [4.78, 5) is 25.0. The number of ether oxygens (including phenoxy) is 1. The Hall–Kier alpha value is -1.10. The highest BCUT2D eigenvalue weighted by Crippen LogP contribution is 2.16. The highest BCUT2D eigenvalue weighted by molar-refractivity contribution is 5.87. The fraction of sp³-hybridized carbons (Fsp3) is 0.951. The number of hydrogen-bond donors (Lipinski definition) is 2. The summed E-state index contributed by atoms with van der Waals surface area (Å²) in [5, 5.41) is 2.89. The number of carbonyl (C=O) groups excluding carboxylic acids is 2. The molecule has 0 aliphatic carbocycles. The third-order valence-electron chi connectivity index (χ3n) is 9.85. The molecule has 0 aliphatic rings. The Bertz CT molecular complexity index is 641. The zero-order valence-electron chi connectivity index (χ0n) is 31.5. The Labute approximate surface area is 288 Å². The smallest absolute Gasteiger partial charge is 0.328 e. The maximum absolute atomic E-state index is 12.7. The molecule has 5 heteroatoms. The molecule has 2 unspecified atom stereocenters. The van der Waals surface area contributed by atoms with Gasteiger partial charge in [-0.25, -0.2) is 4.79 Å². The van der Waals surface area contributed by atoms with Gasteiger partial charge in [-0.1, -0.05) is 219 Å². The van der Waals surface area contributed by atoms with Gasteiger partial charge in [-0.3, -0.25) is 4.79 Å². The van der Waals surface area contributed by atoms with Crippen molar-refractivity contribution < 1.29 is 14.3 Å². The summed E-state index contributed by atoms with van der Waals surface area (Å²) in [5.41, 5.74) is 6.19. The second-order valence-electron chi connectivity index (χ2n) is 14.4. The summed E-state index contributed by atoms with van der Waals surface area (Å²) in [6, 6.07) is -1.13. The van der Waals surface area contributed by atoms with Gasteiger partial charge in [-0.05, 0) is 12.8 Å². The molecule has 0 spiro atoms. The maximum atomic E-state index is 12.7. The van der Waals surface area contributed by atoms with Gasteiger partial charge in [0, 0.05) is 0 Å². The van der Waals surface area contributed by atoms with Crippen molar-refractivity contribution in [1.82, 2.24) is 5.32 Å². The predicted octanol–water partition coefficient (Wildman–Crippen LogP) is 12.3. The lowest BCUT2D eigenvalue weighted by molar-refractivity contribution is -0.145. The monoisotopic (exact) mass is 651 g/mol. The summed E-state index contributed by atoms with van der Waals surface area (Å²) < 4.78 is 4.97. The normalized spacial score (nSPS) is 12.7. The Morgan fingerprint density at radius 1 is 0.457 bits per heavy atom. The molecule has 0 aromatic heterocycles. The van der Waals surface area contributed by atoms with Gasteiger partial charge in [-0.15, -0.1) is 0 Å². The van der Waals surface area contributed by atoms with Gasteiger partial charge >= 0.3 is 5.97 Å². The number of hydrogen-bond acceptors (Lipinski definition) is 4. The van der Waals surface area contributed by atoms with Crippen LogP contribution in [-0.4, -0.2) is 31.1 Å². The number of carbonyl (C=O) groups is 2. The van der Waals surface area contributed by atoms with Crippen molar-refractivity contribution in [2.45, 2.75) is 244 Å². The van der Waals surface area contributed by atoms with Crippen LogP contribution in [0.5, 0.6) is 0 Å². The summed E-state index contributed by atoms with van der Waals surface area (Å²) in [6.45, 7) is 4.56. The average molecular weight is 651 g/mol. The van der Waals surface area contributed by atoms with Gasteiger partial charge in [-0.2, -0.15) is 0 Å². The molecule has 0 heterocycles. The number of nitrogens with one attached hydrogen (secondary N) is 1. The molecule has 274 valence electrons. The average Bonchev–Trinajstić information content (AvgIpc) is 3.06. The Morgan fingerprint density at radius 3 is 1.00 bits per heavy atom. The van der Waals surface area contributed by atoms with E-state index in [9.17, 15) is 9.59 Å². The first-order chi connectivity index (χ1) is 22.6. The van der Waals surface area contributed by atoms with E-state index in [0.29, 0.717) is 12.8 Å². The van der Waals surface area contributed by atoms with Crippen molar-refractivity contribution >= 4 is 11.9 Å². The van der Waals surface area contributed by atoms with E-state index < -0.39 is 12.1 Å². The standard InChI is InChI=1S/C41H82N2O3/c1-4-6-8-10-12-14-16-18-20-22-24-26-28-30-32-34-36-38(42)40(44)43-39(41(45)46-3)37-35-33-31-29-27-25-23-21-19-17-15-13-11-9-7-5-2/h38-39H,4-37,42H2,1-3H3,(H,43,44). The Balaban J connectivity index is 3.71. The van der Waals surface area contributed by atoms with Crippen molar-refractivity contribution in [1.29, 1.82) is 0 Å². The molecule has 0 radical (unpaired) electrons. The first-order valence-electron chi connectivity index (χ1n) is 20.7. The molecule has 3 N–H and O–H groups in total. The number of esters is 1. The molecule has 0 saturated carbocycles. The van der Waals surface area contributed by atoms with E-state index in [4.69, 9.17) is 10.5 Å². The van der Waals surface area contributed by atoms with E-state index in [-0.39, 0.29) is 11.9 Å². The zero-order chi connectivity index (χ0) is 33.8. The van der Waals surface area contributed by atoms with Crippen molar-refractivity contribution in [3.8, 4) is 0 Å². The first kappa shape index (κ1) is 44.9. The minimum absolute atomic E-state index is 0.215. The molecule has 46 heavy (non-hydrogen) atoms. The highest BCUT2D eigenvalue weighted by atomic mass is 16.5. The van der Waals surface area contributed by atoms with Crippen molar-refractivity contribution in [2.75, 3.05) is 7.11 Å². The fourth-order valence-electron chi connectivity index (χ4n) is 6.61. The molecule has 0 aromatic rings. The third-order valence-corrected chi connectivity index (χ3v) is 9.85. The van der Waals surface area contributed by atoms with Crippen LogP contribution in [0, 0.1) is 0 Å². The summed E-state index contributed by atoms with van der Waals surface area (Å²) in [5.74, 6) is -0.572. The van der Waals surface area contributed by atoms with Crippen LogP contribution in [-0.2, 0) is 14.3 Å².